The summed E-state index contributed by atoms with van der Waals surface area (Å²) in [6.07, 6.45) is 0. The first-order valence-electron chi connectivity index (χ1n) is 5.54. The molecule has 8 heteroatoms. The third kappa shape index (κ3) is 2.79. The number of nitro groups is 1. The van der Waals surface area contributed by atoms with E-state index in [1.54, 1.807) is 6.07 Å². The van der Waals surface area contributed by atoms with Gasteiger partial charge in [-0.05, 0) is 6.07 Å². The van der Waals surface area contributed by atoms with Gasteiger partial charge in [-0.1, -0.05) is 12.1 Å². The van der Waals surface area contributed by atoms with E-state index in [1.807, 2.05) is 0 Å². The van der Waals surface area contributed by atoms with Gasteiger partial charge < -0.3 is 10.1 Å². The Kier molecular flexibility index (Phi) is 3.60. The van der Waals surface area contributed by atoms with Gasteiger partial charge in [-0.3, -0.25) is 19.8 Å². The van der Waals surface area contributed by atoms with Crippen molar-refractivity contribution < 1.29 is 19.2 Å². The van der Waals surface area contributed by atoms with Gasteiger partial charge in [0.1, 0.15) is 0 Å². The number of para-hydroxylation sites is 2. The normalized spacial score (nSPS) is 14.1. The monoisotopic (exact) mass is 265 g/mol. The number of imide groups is 1. The van der Waals surface area contributed by atoms with Crippen molar-refractivity contribution in [3.8, 4) is 5.75 Å². The molecule has 0 aromatic heterocycles. The van der Waals surface area contributed by atoms with Crippen molar-refractivity contribution in [2.24, 2.45) is 0 Å². The van der Waals surface area contributed by atoms with Crippen molar-refractivity contribution in [3.05, 3.63) is 34.4 Å². The lowest BCUT2D eigenvalue weighted by atomic mass is 10.3. The van der Waals surface area contributed by atoms with Crippen LogP contribution in [0.4, 0.5) is 10.5 Å². The second-order valence-electron chi connectivity index (χ2n) is 3.79. The van der Waals surface area contributed by atoms with E-state index in [0.717, 1.165) is 4.90 Å². The van der Waals surface area contributed by atoms with Crippen LogP contribution in [0.2, 0.25) is 0 Å². The molecule has 0 unspecified atom stereocenters. The largest absolute Gasteiger partial charge is 0.477 e. The molecule has 1 aliphatic rings. The summed E-state index contributed by atoms with van der Waals surface area (Å²) in [7, 11) is 0. The standard InChI is InChI=1S/C11H11N3O5/c15-10(13-6-5-12-11(13)16)7-19-9-4-2-1-3-8(9)14(17)18/h1-4H,5-7H2,(H,12,16). The Morgan fingerprint density at radius 2 is 2.21 bits per heavy atom. The van der Waals surface area contributed by atoms with E-state index < -0.39 is 23.5 Å². The third-order valence-corrected chi connectivity index (χ3v) is 2.57. The lowest BCUT2D eigenvalue weighted by molar-refractivity contribution is -0.385. The van der Waals surface area contributed by atoms with Crippen molar-refractivity contribution in [3.63, 3.8) is 0 Å². The molecule has 8 nitrogen and oxygen atoms in total. The SMILES string of the molecule is O=C(COc1ccccc1[N+](=O)[O-])N1CCNC1=O. The van der Waals surface area contributed by atoms with Crippen LogP contribution in [-0.2, 0) is 4.79 Å². The van der Waals surface area contributed by atoms with E-state index in [0.29, 0.717) is 6.54 Å². The number of hydrogen-bond acceptors (Lipinski definition) is 5. The molecule has 1 aromatic carbocycles. The molecule has 100 valence electrons. The summed E-state index contributed by atoms with van der Waals surface area (Å²) < 4.78 is 5.11. The molecule has 19 heavy (non-hydrogen) atoms. The molecule has 1 aromatic rings. The molecule has 3 amide bonds. The molecule has 0 radical (unpaired) electrons. The minimum atomic E-state index is -0.595. The van der Waals surface area contributed by atoms with Gasteiger partial charge >= 0.3 is 11.7 Å². The molecule has 1 aliphatic heterocycles. The predicted octanol–water partition coefficient (Wildman–Crippen LogP) is 0.525. The molecule has 2 rings (SSSR count). The van der Waals surface area contributed by atoms with Crippen LogP contribution in [0.1, 0.15) is 0 Å². The number of ether oxygens (including phenoxy) is 1. The van der Waals surface area contributed by atoms with E-state index in [2.05, 4.69) is 5.32 Å². The van der Waals surface area contributed by atoms with Gasteiger partial charge in [-0.25, -0.2) is 4.79 Å². The summed E-state index contributed by atoms with van der Waals surface area (Å²) in [5.74, 6) is -0.534. The summed E-state index contributed by atoms with van der Waals surface area (Å²) in [5, 5.41) is 13.2. The zero-order valence-electron chi connectivity index (χ0n) is 9.87. The van der Waals surface area contributed by atoms with Crippen LogP contribution in [0.25, 0.3) is 0 Å². The molecule has 0 bridgehead atoms. The number of urea groups is 1. The number of amides is 3. The molecule has 0 saturated carbocycles. The van der Waals surface area contributed by atoms with Gasteiger partial charge in [0, 0.05) is 19.2 Å². The minimum absolute atomic E-state index is 0.000421. The van der Waals surface area contributed by atoms with E-state index in [4.69, 9.17) is 4.74 Å². The first-order valence-corrected chi connectivity index (χ1v) is 5.54. The summed E-state index contributed by atoms with van der Waals surface area (Å²) in [5.41, 5.74) is -0.221. The number of hydrogen-bond donors (Lipinski definition) is 1. The molecule has 0 atom stereocenters. The van der Waals surface area contributed by atoms with E-state index in [9.17, 15) is 19.7 Å². The third-order valence-electron chi connectivity index (χ3n) is 2.57. The first-order chi connectivity index (χ1) is 9.09. The highest BCUT2D eigenvalue weighted by Crippen LogP contribution is 2.25. The van der Waals surface area contributed by atoms with Crippen molar-refractivity contribution in [2.45, 2.75) is 0 Å². The fourth-order valence-corrected chi connectivity index (χ4v) is 1.66. The van der Waals surface area contributed by atoms with Crippen molar-refractivity contribution >= 4 is 17.6 Å². The fourth-order valence-electron chi connectivity index (χ4n) is 1.66. The van der Waals surface area contributed by atoms with Crippen LogP contribution in [0.5, 0.6) is 5.75 Å². The van der Waals surface area contributed by atoms with Crippen LogP contribution >= 0.6 is 0 Å². The summed E-state index contributed by atoms with van der Waals surface area (Å²) in [4.78, 5) is 34.1. The first kappa shape index (κ1) is 12.8. The van der Waals surface area contributed by atoms with E-state index >= 15 is 0 Å². The van der Waals surface area contributed by atoms with Crippen molar-refractivity contribution in [1.82, 2.24) is 10.2 Å². The Hall–Kier alpha value is -2.64. The zero-order chi connectivity index (χ0) is 13.8. The van der Waals surface area contributed by atoms with E-state index in [-0.39, 0.29) is 18.0 Å². The topological polar surface area (TPSA) is 102 Å². The molecule has 1 fully saturated rings. The maximum absolute atomic E-state index is 11.7. The lowest BCUT2D eigenvalue weighted by Gasteiger charge is -2.12. The summed E-state index contributed by atoms with van der Waals surface area (Å²) in [6.45, 7) is 0.256. The van der Waals surface area contributed by atoms with Gasteiger partial charge in [-0.15, -0.1) is 0 Å². The number of nitrogens with one attached hydrogen (secondary N) is 1. The van der Waals surface area contributed by atoms with Crippen LogP contribution in [0.3, 0.4) is 0 Å². The fraction of sp³-hybridized carbons (Fsp3) is 0.273. The molecule has 1 saturated heterocycles. The Bertz CT molecular complexity index is 531. The zero-order valence-corrected chi connectivity index (χ0v) is 9.87. The second-order valence-corrected chi connectivity index (χ2v) is 3.79. The number of nitrogens with zero attached hydrogens (tertiary/aromatic N) is 2. The van der Waals surface area contributed by atoms with Gasteiger partial charge in [0.25, 0.3) is 5.91 Å². The Morgan fingerprint density at radius 1 is 1.47 bits per heavy atom. The number of benzene rings is 1. The molecule has 0 spiro atoms. The molecule has 1 N–H and O–H groups in total. The van der Waals surface area contributed by atoms with Gasteiger partial charge in [0.15, 0.2) is 12.4 Å². The van der Waals surface area contributed by atoms with Crippen molar-refractivity contribution in [2.75, 3.05) is 19.7 Å². The molecular weight excluding hydrogens is 254 g/mol. The predicted molar refractivity (Wildman–Crippen MR) is 63.7 cm³/mol. The summed E-state index contributed by atoms with van der Waals surface area (Å²) >= 11 is 0. The maximum Gasteiger partial charge on any atom is 0.324 e. The Morgan fingerprint density at radius 3 is 2.84 bits per heavy atom. The second kappa shape index (κ2) is 5.34. The minimum Gasteiger partial charge on any atom is -0.477 e. The highest BCUT2D eigenvalue weighted by molar-refractivity contribution is 5.96. The Balaban J connectivity index is 2.01. The van der Waals surface area contributed by atoms with Crippen molar-refractivity contribution in [1.29, 1.82) is 0 Å². The van der Waals surface area contributed by atoms with Crippen LogP contribution in [0, 0.1) is 10.1 Å². The highest BCUT2D eigenvalue weighted by Gasteiger charge is 2.26. The quantitative estimate of drug-likeness (QED) is 0.631. The number of rotatable bonds is 4. The van der Waals surface area contributed by atoms with Crippen LogP contribution < -0.4 is 10.1 Å². The van der Waals surface area contributed by atoms with Gasteiger partial charge in [-0.2, -0.15) is 0 Å². The Labute approximate surface area is 108 Å². The number of carbonyl (C=O) groups excluding carboxylic acids is 2. The van der Waals surface area contributed by atoms with Gasteiger partial charge in [0.2, 0.25) is 0 Å². The average molecular weight is 265 g/mol. The maximum atomic E-state index is 11.7. The molecular formula is C11H11N3O5. The summed E-state index contributed by atoms with van der Waals surface area (Å²) in [6, 6.07) is 5.27. The number of carbonyl (C=O) groups is 2. The van der Waals surface area contributed by atoms with Crippen LogP contribution in [-0.4, -0.2) is 41.5 Å². The number of nitro benzene ring substituents is 1. The van der Waals surface area contributed by atoms with E-state index in [1.165, 1.54) is 18.2 Å². The van der Waals surface area contributed by atoms with Gasteiger partial charge in [0.05, 0.1) is 4.92 Å². The molecule has 1 heterocycles. The molecule has 0 aliphatic carbocycles. The highest BCUT2D eigenvalue weighted by atomic mass is 16.6. The van der Waals surface area contributed by atoms with Crippen LogP contribution in [0.15, 0.2) is 24.3 Å². The smallest absolute Gasteiger partial charge is 0.324 e. The lowest BCUT2D eigenvalue weighted by Crippen LogP contribution is -2.37. The average Bonchev–Trinajstić information content (AvgIpc) is 2.82.